The smallest absolute Gasteiger partial charge is 0.128 e. The van der Waals surface area contributed by atoms with Crippen LogP contribution in [0.15, 0.2) is 6.20 Å². The first-order chi connectivity index (χ1) is 9.76. The molecule has 0 aliphatic heterocycles. The van der Waals surface area contributed by atoms with Crippen molar-refractivity contribution in [2.24, 2.45) is 11.3 Å². The van der Waals surface area contributed by atoms with E-state index in [2.05, 4.69) is 44.9 Å². The van der Waals surface area contributed by atoms with Crippen molar-refractivity contribution in [3.63, 3.8) is 0 Å². The topological polar surface area (TPSA) is 34.1 Å². The van der Waals surface area contributed by atoms with Gasteiger partial charge in [-0.25, -0.2) is 0 Å². The second kappa shape index (κ2) is 7.79. The van der Waals surface area contributed by atoms with Crippen LogP contribution >= 0.6 is 0 Å². The highest BCUT2D eigenvalue weighted by atomic mass is 16.5. The van der Waals surface area contributed by atoms with Crippen molar-refractivity contribution in [1.82, 2.24) is 10.3 Å². The summed E-state index contributed by atoms with van der Waals surface area (Å²) >= 11 is 0. The van der Waals surface area contributed by atoms with Crippen molar-refractivity contribution >= 4 is 0 Å². The van der Waals surface area contributed by atoms with Gasteiger partial charge in [-0.2, -0.15) is 0 Å². The van der Waals surface area contributed by atoms with Crippen LogP contribution in [0.3, 0.4) is 0 Å². The van der Waals surface area contributed by atoms with E-state index in [4.69, 9.17) is 4.74 Å². The average molecular weight is 292 g/mol. The van der Waals surface area contributed by atoms with Gasteiger partial charge in [-0.15, -0.1) is 0 Å². The Labute approximate surface area is 130 Å². The van der Waals surface area contributed by atoms with E-state index < -0.39 is 0 Å². The zero-order valence-electron chi connectivity index (χ0n) is 14.8. The lowest BCUT2D eigenvalue weighted by molar-refractivity contribution is 0.317. The number of hydrogen-bond donors (Lipinski definition) is 1. The Morgan fingerprint density at radius 1 is 1.29 bits per heavy atom. The molecule has 21 heavy (non-hydrogen) atoms. The summed E-state index contributed by atoms with van der Waals surface area (Å²) in [5, 5.41) is 3.53. The van der Waals surface area contributed by atoms with Gasteiger partial charge in [-0.3, -0.25) is 4.98 Å². The number of pyridine rings is 1. The Kier molecular flexibility index (Phi) is 6.66. The molecule has 0 saturated carbocycles. The van der Waals surface area contributed by atoms with Crippen LogP contribution in [0.25, 0.3) is 0 Å². The summed E-state index contributed by atoms with van der Waals surface area (Å²) in [6, 6.07) is 0. The standard InChI is InChI=1S/C18H32N2O/c1-13(2)11-19-9-8-18(5,6)10-16-15(4)17(21-7)14(3)12-20-16/h12-13,19H,8-11H2,1-7H3. The van der Waals surface area contributed by atoms with Gasteiger partial charge in [0.25, 0.3) is 0 Å². The predicted octanol–water partition coefficient (Wildman–Crippen LogP) is 3.91. The summed E-state index contributed by atoms with van der Waals surface area (Å²) in [6.45, 7) is 15.4. The molecule has 0 aliphatic rings. The minimum absolute atomic E-state index is 0.238. The maximum absolute atomic E-state index is 5.50. The molecule has 0 aliphatic carbocycles. The second-order valence-corrected chi connectivity index (χ2v) is 7.24. The third kappa shape index (κ3) is 5.66. The lowest BCUT2D eigenvalue weighted by atomic mass is 9.83. The number of ether oxygens (including phenoxy) is 1. The molecular formula is C18H32N2O. The van der Waals surface area contributed by atoms with E-state index in [1.807, 2.05) is 13.1 Å². The minimum atomic E-state index is 0.238. The molecule has 0 aromatic carbocycles. The highest BCUT2D eigenvalue weighted by molar-refractivity contribution is 5.41. The SMILES string of the molecule is COc1c(C)cnc(CC(C)(C)CCNCC(C)C)c1C. The molecule has 1 N–H and O–H groups in total. The lowest BCUT2D eigenvalue weighted by Gasteiger charge is -2.26. The third-order valence-corrected chi connectivity index (χ3v) is 3.93. The fraction of sp³-hybridized carbons (Fsp3) is 0.722. The van der Waals surface area contributed by atoms with Gasteiger partial charge in [0, 0.05) is 23.0 Å². The summed E-state index contributed by atoms with van der Waals surface area (Å²) in [6.07, 6.45) is 4.06. The van der Waals surface area contributed by atoms with E-state index in [1.165, 1.54) is 5.56 Å². The van der Waals surface area contributed by atoms with Crippen LogP contribution in [-0.2, 0) is 6.42 Å². The molecule has 3 nitrogen and oxygen atoms in total. The number of hydrogen-bond acceptors (Lipinski definition) is 3. The Morgan fingerprint density at radius 3 is 2.52 bits per heavy atom. The number of nitrogens with one attached hydrogen (secondary N) is 1. The van der Waals surface area contributed by atoms with Crippen molar-refractivity contribution in [1.29, 1.82) is 0 Å². The molecule has 0 radical (unpaired) electrons. The Bertz CT molecular complexity index is 453. The van der Waals surface area contributed by atoms with Crippen molar-refractivity contribution in [2.45, 2.75) is 54.4 Å². The highest BCUT2D eigenvalue weighted by Gasteiger charge is 2.21. The van der Waals surface area contributed by atoms with Crippen LogP contribution in [-0.4, -0.2) is 25.2 Å². The number of methoxy groups -OCH3 is 1. The number of nitrogens with zero attached hydrogens (tertiary/aromatic N) is 1. The van der Waals surface area contributed by atoms with Crippen LogP contribution in [0, 0.1) is 25.2 Å². The van der Waals surface area contributed by atoms with E-state index in [-0.39, 0.29) is 5.41 Å². The summed E-state index contributed by atoms with van der Waals surface area (Å²) < 4.78 is 5.50. The first kappa shape index (κ1) is 18.0. The quantitative estimate of drug-likeness (QED) is 0.738. The average Bonchev–Trinajstić information content (AvgIpc) is 2.39. The molecular weight excluding hydrogens is 260 g/mol. The predicted molar refractivity (Wildman–Crippen MR) is 90.1 cm³/mol. The largest absolute Gasteiger partial charge is 0.496 e. The maximum Gasteiger partial charge on any atom is 0.128 e. The van der Waals surface area contributed by atoms with Crippen molar-refractivity contribution in [3.8, 4) is 5.75 Å². The Hall–Kier alpha value is -1.09. The van der Waals surface area contributed by atoms with E-state index >= 15 is 0 Å². The van der Waals surface area contributed by atoms with Crippen LogP contribution in [0.4, 0.5) is 0 Å². The number of aryl methyl sites for hydroxylation is 1. The molecule has 120 valence electrons. The first-order valence-corrected chi connectivity index (χ1v) is 7.96. The zero-order chi connectivity index (χ0) is 16.0. The fourth-order valence-electron chi connectivity index (χ4n) is 2.61. The van der Waals surface area contributed by atoms with Gasteiger partial charge in [0.2, 0.25) is 0 Å². The molecule has 0 bridgehead atoms. The van der Waals surface area contributed by atoms with Gasteiger partial charge in [-0.1, -0.05) is 27.7 Å². The normalized spacial score (nSPS) is 12.0. The molecule has 3 heteroatoms. The minimum Gasteiger partial charge on any atom is -0.496 e. The van der Waals surface area contributed by atoms with Gasteiger partial charge < -0.3 is 10.1 Å². The van der Waals surface area contributed by atoms with Gasteiger partial charge in [0.1, 0.15) is 5.75 Å². The van der Waals surface area contributed by atoms with Crippen LogP contribution in [0.2, 0.25) is 0 Å². The number of rotatable bonds is 8. The van der Waals surface area contributed by atoms with E-state index in [9.17, 15) is 0 Å². The van der Waals surface area contributed by atoms with E-state index in [1.54, 1.807) is 7.11 Å². The molecule has 0 fully saturated rings. The molecule has 0 saturated heterocycles. The molecule has 1 rings (SSSR count). The summed E-state index contributed by atoms with van der Waals surface area (Å²) in [4.78, 5) is 4.63. The Balaban J connectivity index is 2.66. The monoisotopic (exact) mass is 292 g/mol. The maximum atomic E-state index is 5.50. The van der Waals surface area contributed by atoms with Crippen molar-refractivity contribution in [3.05, 3.63) is 23.0 Å². The first-order valence-electron chi connectivity index (χ1n) is 7.96. The molecule has 1 heterocycles. The molecule has 0 spiro atoms. The van der Waals surface area contributed by atoms with E-state index in [0.717, 1.165) is 42.9 Å². The van der Waals surface area contributed by atoms with Crippen LogP contribution in [0.1, 0.15) is 50.9 Å². The summed E-state index contributed by atoms with van der Waals surface area (Å²) in [7, 11) is 1.74. The van der Waals surface area contributed by atoms with E-state index in [0.29, 0.717) is 5.92 Å². The molecule has 1 aromatic heterocycles. The summed E-state index contributed by atoms with van der Waals surface area (Å²) in [5.41, 5.74) is 3.68. The fourth-order valence-corrected chi connectivity index (χ4v) is 2.61. The zero-order valence-corrected chi connectivity index (χ0v) is 14.8. The Morgan fingerprint density at radius 2 is 1.95 bits per heavy atom. The second-order valence-electron chi connectivity index (χ2n) is 7.24. The highest BCUT2D eigenvalue weighted by Crippen LogP contribution is 2.30. The third-order valence-electron chi connectivity index (χ3n) is 3.93. The van der Waals surface area contributed by atoms with Gasteiger partial charge in [-0.05, 0) is 51.1 Å². The number of aromatic nitrogens is 1. The summed E-state index contributed by atoms with van der Waals surface area (Å²) in [5.74, 6) is 1.69. The van der Waals surface area contributed by atoms with Gasteiger partial charge in [0.05, 0.1) is 7.11 Å². The molecule has 0 unspecified atom stereocenters. The lowest BCUT2D eigenvalue weighted by Crippen LogP contribution is -2.27. The molecule has 0 amide bonds. The molecule has 1 aromatic rings. The van der Waals surface area contributed by atoms with Gasteiger partial charge in [0.15, 0.2) is 0 Å². The van der Waals surface area contributed by atoms with Crippen LogP contribution in [0.5, 0.6) is 5.75 Å². The van der Waals surface area contributed by atoms with Crippen molar-refractivity contribution < 1.29 is 4.74 Å². The van der Waals surface area contributed by atoms with Crippen LogP contribution < -0.4 is 10.1 Å². The van der Waals surface area contributed by atoms with Gasteiger partial charge >= 0.3 is 0 Å². The molecule has 0 atom stereocenters. The van der Waals surface area contributed by atoms with Crippen molar-refractivity contribution in [2.75, 3.05) is 20.2 Å².